The van der Waals surface area contributed by atoms with Gasteiger partial charge in [0.2, 0.25) is 0 Å². The van der Waals surface area contributed by atoms with Crippen molar-refractivity contribution >= 4 is 0 Å². The standard InChI is InChI=1S/C29H52O2/c1-19(2)29(7,31)15-12-20(3)23-10-11-24-22-9-8-21-18-26(4,30)16-17-27(21,5)25(22)13-14-28(23,24)6/h19-25,30-31H,8-18H2,1-7H3/t20-,21?,22+,23-,24+,25+,26+,27+,28-,29?/m1/s1. The molecule has 4 rings (SSSR count). The summed E-state index contributed by atoms with van der Waals surface area (Å²) in [4.78, 5) is 0. The summed E-state index contributed by atoms with van der Waals surface area (Å²) in [7, 11) is 0. The Morgan fingerprint density at radius 3 is 2.23 bits per heavy atom. The van der Waals surface area contributed by atoms with Gasteiger partial charge < -0.3 is 10.2 Å². The topological polar surface area (TPSA) is 40.5 Å². The third-order valence-electron chi connectivity index (χ3n) is 12.1. The van der Waals surface area contributed by atoms with Gasteiger partial charge in [0.25, 0.3) is 0 Å². The Kier molecular flexibility index (Phi) is 6.21. The summed E-state index contributed by atoms with van der Waals surface area (Å²) in [5.74, 6) is 5.32. The molecule has 0 amide bonds. The molecule has 0 aromatic carbocycles. The molecule has 4 fully saturated rings. The normalized spacial score (nSPS) is 50.3. The van der Waals surface area contributed by atoms with Crippen LogP contribution >= 0.6 is 0 Å². The predicted octanol–water partition coefficient (Wildman–Crippen LogP) is 7.22. The lowest BCUT2D eigenvalue weighted by Crippen LogP contribution is -2.55. The fourth-order valence-corrected chi connectivity index (χ4v) is 9.42. The predicted molar refractivity (Wildman–Crippen MR) is 130 cm³/mol. The fraction of sp³-hybridized carbons (Fsp3) is 1.00. The van der Waals surface area contributed by atoms with Crippen LogP contribution in [0.4, 0.5) is 0 Å². The molecule has 2 nitrogen and oxygen atoms in total. The minimum Gasteiger partial charge on any atom is -0.390 e. The molecule has 0 spiro atoms. The highest BCUT2D eigenvalue weighted by molar-refractivity contribution is 5.10. The van der Waals surface area contributed by atoms with Crippen molar-refractivity contribution in [3.05, 3.63) is 0 Å². The Balaban J connectivity index is 1.47. The Bertz CT molecular complexity index is 651. The van der Waals surface area contributed by atoms with Crippen molar-refractivity contribution in [3.8, 4) is 0 Å². The quantitative estimate of drug-likeness (QED) is 0.481. The fourth-order valence-electron chi connectivity index (χ4n) is 9.42. The SMILES string of the molecule is CC(C)C(C)(O)CC[C@@H](C)[C@H]1CC[C@H]2[C@@H]3CCC4C[C@@](C)(O)CC[C@]4(C)[C@H]3CC[C@]12C. The molecule has 0 bridgehead atoms. The molecule has 2 unspecified atom stereocenters. The summed E-state index contributed by atoms with van der Waals surface area (Å²) in [6.07, 6.45) is 13.8. The summed E-state index contributed by atoms with van der Waals surface area (Å²) in [5.41, 5.74) is 0.0189. The van der Waals surface area contributed by atoms with Crippen LogP contribution in [-0.4, -0.2) is 21.4 Å². The lowest BCUT2D eigenvalue weighted by atomic mass is 9.43. The Hall–Kier alpha value is -0.0800. The van der Waals surface area contributed by atoms with Gasteiger partial charge in [0, 0.05) is 0 Å². The van der Waals surface area contributed by atoms with Crippen molar-refractivity contribution in [2.45, 2.75) is 130 Å². The highest BCUT2D eigenvalue weighted by Crippen LogP contribution is 2.68. The molecule has 10 atom stereocenters. The zero-order valence-electron chi connectivity index (χ0n) is 21.7. The molecular formula is C29H52O2. The summed E-state index contributed by atoms with van der Waals surface area (Å²) >= 11 is 0. The van der Waals surface area contributed by atoms with Gasteiger partial charge in [-0.05, 0) is 137 Å². The van der Waals surface area contributed by atoms with Crippen LogP contribution in [-0.2, 0) is 0 Å². The first-order chi connectivity index (χ1) is 14.3. The second kappa shape index (κ2) is 8.00. The molecule has 0 saturated heterocycles. The molecule has 0 aliphatic heterocycles. The summed E-state index contributed by atoms with van der Waals surface area (Å²) in [5, 5.41) is 21.5. The number of hydrogen-bond donors (Lipinski definition) is 2. The lowest BCUT2D eigenvalue weighted by molar-refractivity contribution is -0.148. The van der Waals surface area contributed by atoms with Gasteiger partial charge in [0.1, 0.15) is 0 Å². The van der Waals surface area contributed by atoms with E-state index < -0.39 is 11.2 Å². The van der Waals surface area contributed by atoms with Crippen molar-refractivity contribution in [1.29, 1.82) is 0 Å². The van der Waals surface area contributed by atoms with E-state index in [2.05, 4.69) is 41.5 Å². The summed E-state index contributed by atoms with van der Waals surface area (Å²) < 4.78 is 0. The maximum atomic E-state index is 10.8. The number of rotatable bonds is 5. The van der Waals surface area contributed by atoms with Gasteiger partial charge in [-0.2, -0.15) is 0 Å². The van der Waals surface area contributed by atoms with Crippen LogP contribution in [0.3, 0.4) is 0 Å². The first-order valence-electron chi connectivity index (χ1n) is 13.7. The van der Waals surface area contributed by atoms with Crippen LogP contribution < -0.4 is 0 Å². The van der Waals surface area contributed by atoms with E-state index >= 15 is 0 Å². The minimum absolute atomic E-state index is 0.328. The van der Waals surface area contributed by atoms with Gasteiger partial charge in [-0.3, -0.25) is 0 Å². The lowest BCUT2D eigenvalue weighted by Gasteiger charge is -2.62. The van der Waals surface area contributed by atoms with Gasteiger partial charge in [0.05, 0.1) is 11.2 Å². The average Bonchev–Trinajstić information content (AvgIpc) is 3.04. The maximum Gasteiger partial charge on any atom is 0.0642 e. The maximum absolute atomic E-state index is 10.8. The second-order valence-corrected chi connectivity index (χ2v) is 14.1. The van der Waals surface area contributed by atoms with E-state index in [4.69, 9.17) is 0 Å². The smallest absolute Gasteiger partial charge is 0.0642 e. The van der Waals surface area contributed by atoms with E-state index in [9.17, 15) is 10.2 Å². The molecule has 4 aliphatic rings. The summed E-state index contributed by atoms with van der Waals surface area (Å²) in [6.45, 7) is 16.2. The second-order valence-electron chi connectivity index (χ2n) is 14.1. The molecule has 0 aromatic heterocycles. The Labute approximate surface area is 193 Å². The van der Waals surface area contributed by atoms with Crippen LogP contribution in [0, 0.1) is 52.3 Å². The zero-order chi connectivity index (χ0) is 22.8. The summed E-state index contributed by atoms with van der Waals surface area (Å²) in [6, 6.07) is 0. The highest BCUT2D eigenvalue weighted by Gasteiger charge is 2.61. The molecule has 2 N–H and O–H groups in total. The third kappa shape index (κ3) is 4.05. The Morgan fingerprint density at radius 1 is 0.871 bits per heavy atom. The van der Waals surface area contributed by atoms with Crippen molar-refractivity contribution < 1.29 is 10.2 Å². The third-order valence-corrected chi connectivity index (χ3v) is 12.1. The molecule has 0 heterocycles. The van der Waals surface area contributed by atoms with E-state index in [1.54, 1.807) is 0 Å². The van der Waals surface area contributed by atoms with Crippen LogP contribution in [0.15, 0.2) is 0 Å². The molecule has 4 aliphatic carbocycles. The number of hydrogen-bond acceptors (Lipinski definition) is 2. The van der Waals surface area contributed by atoms with Crippen LogP contribution in [0.1, 0.15) is 119 Å². The Morgan fingerprint density at radius 2 is 1.55 bits per heavy atom. The first kappa shape index (κ1) is 24.1. The average molecular weight is 433 g/mol. The van der Waals surface area contributed by atoms with Gasteiger partial charge >= 0.3 is 0 Å². The van der Waals surface area contributed by atoms with E-state index in [0.717, 1.165) is 48.9 Å². The highest BCUT2D eigenvalue weighted by atomic mass is 16.3. The van der Waals surface area contributed by atoms with Crippen molar-refractivity contribution in [2.24, 2.45) is 52.3 Å². The van der Waals surface area contributed by atoms with Crippen molar-refractivity contribution in [3.63, 3.8) is 0 Å². The molecule has 4 saturated carbocycles. The van der Waals surface area contributed by atoms with Crippen molar-refractivity contribution in [1.82, 2.24) is 0 Å². The molecule has 0 radical (unpaired) electrons. The van der Waals surface area contributed by atoms with Crippen molar-refractivity contribution in [2.75, 3.05) is 0 Å². The number of aliphatic hydroxyl groups is 2. The van der Waals surface area contributed by atoms with E-state index in [1.165, 1.54) is 51.4 Å². The zero-order valence-corrected chi connectivity index (χ0v) is 21.7. The van der Waals surface area contributed by atoms with Gasteiger partial charge in [-0.25, -0.2) is 0 Å². The monoisotopic (exact) mass is 432 g/mol. The van der Waals surface area contributed by atoms with Gasteiger partial charge in [-0.15, -0.1) is 0 Å². The number of fused-ring (bicyclic) bond motifs is 5. The van der Waals surface area contributed by atoms with Gasteiger partial charge in [0.15, 0.2) is 0 Å². The first-order valence-corrected chi connectivity index (χ1v) is 13.7. The van der Waals surface area contributed by atoms with Crippen LogP contribution in [0.25, 0.3) is 0 Å². The molecule has 31 heavy (non-hydrogen) atoms. The van der Waals surface area contributed by atoms with E-state index in [-0.39, 0.29) is 0 Å². The van der Waals surface area contributed by atoms with Crippen LogP contribution in [0.2, 0.25) is 0 Å². The largest absolute Gasteiger partial charge is 0.390 e. The molecule has 180 valence electrons. The molecule has 0 aromatic rings. The minimum atomic E-state index is -0.528. The van der Waals surface area contributed by atoms with Gasteiger partial charge in [-0.1, -0.05) is 34.6 Å². The van der Waals surface area contributed by atoms with Crippen LogP contribution in [0.5, 0.6) is 0 Å². The molecular weight excluding hydrogens is 380 g/mol. The van der Waals surface area contributed by atoms with E-state index in [1.807, 2.05) is 6.92 Å². The molecule has 2 heteroatoms. The van der Waals surface area contributed by atoms with E-state index in [0.29, 0.717) is 22.7 Å².